The Balaban J connectivity index is 3.44. The lowest BCUT2D eigenvalue weighted by Crippen LogP contribution is -1.94. The first kappa shape index (κ1) is 9.76. The molecule has 0 heterocycles. The Hall–Kier alpha value is -0.240. The lowest BCUT2D eigenvalue weighted by molar-refractivity contribution is 0.687. The van der Waals surface area contributed by atoms with Gasteiger partial charge in [-0.15, -0.1) is 0 Å². The normalized spacial score (nSPS) is 11.2. The van der Waals surface area contributed by atoms with E-state index in [1.54, 1.807) is 0 Å². The first-order chi connectivity index (χ1) is 4.66. The second kappa shape index (κ2) is 5.54. The highest BCUT2D eigenvalue weighted by molar-refractivity contribution is 8.16. The molecule has 0 saturated heterocycles. The Bertz CT molecular complexity index is 127. The Kier molecular flexibility index (Phi) is 5.40. The van der Waals surface area contributed by atoms with E-state index >= 15 is 0 Å². The quantitative estimate of drug-likeness (QED) is 0.493. The van der Waals surface area contributed by atoms with Gasteiger partial charge < -0.3 is 0 Å². The van der Waals surface area contributed by atoms with E-state index in [4.69, 9.17) is 5.41 Å². The molecule has 0 saturated carbocycles. The van der Waals surface area contributed by atoms with Crippen molar-refractivity contribution in [1.29, 1.82) is 5.41 Å². The van der Waals surface area contributed by atoms with Crippen LogP contribution in [0.5, 0.6) is 0 Å². The van der Waals surface area contributed by atoms with Crippen LogP contribution in [-0.2, 0) is 0 Å². The van der Waals surface area contributed by atoms with Crippen molar-refractivity contribution >= 4 is 16.8 Å². The predicted molar refractivity (Wildman–Crippen MR) is 49.6 cm³/mol. The number of thioether (sulfide) groups is 1. The summed E-state index contributed by atoms with van der Waals surface area (Å²) in [6.45, 7) is 6.23. The second-order valence-corrected chi connectivity index (χ2v) is 3.61. The molecule has 0 aromatic rings. The largest absolute Gasteiger partial charge is 0.298 e. The Labute approximate surface area is 67.4 Å². The minimum absolute atomic E-state index is 0.602. The van der Waals surface area contributed by atoms with Gasteiger partial charge in [-0.2, -0.15) is 0 Å². The van der Waals surface area contributed by atoms with Crippen LogP contribution in [0.25, 0.3) is 0 Å². The van der Waals surface area contributed by atoms with Gasteiger partial charge in [-0.1, -0.05) is 31.7 Å². The molecule has 10 heavy (non-hydrogen) atoms. The molecule has 0 atom stereocenters. The van der Waals surface area contributed by atoms with E-state index < -0.39 is 0 Å². The van der Waals surface area contributed by atoms with Crippen LogP contribution in [-0.4, -0.2) is 5.04 Å². The summed E-state index contributed by atoms with van der Waals surface area (Å²) in [4.78, 5) is 0. The van der Waals surface area contributed by atoms with Crippen LogP contribution in [0.2, 0.25) is 0 Å². The summed E-state index contributed by atoms with van der Waals surface area (Å²) in [6.07, 6.45) is 2.86. The van der Waals surface area contributed by atoms with Gasteiger partial charge in [0.25, 0.3) is 0 Å². The monoisotopic (exact) mass is 157 g/mol. The smallest absolute Gasteiger partial charge is 0.0685 e. The maximum atomic E-state index is 7.43. The molecule has 0 unspecified atom stereocenters. The van der Waals surface area contributed by atoms with Crippen molar-refractivity contribution in [3.8, 4) is 0 Å². The van der Waals surface area contributed by atoms with Gasteiger partial charge in [-0.3, -0.25) is 5.41 Å². The van der Waals surface area contributed by atoms with E-state index in [1.165, 1.54) is 11.8 Å². The average molecular weight is 157 g/mol. The highest BCUT2D eigenvalue weighted by Crippen LogP contribution is 2.12. The van der Waals surface area contributed by atoms with Crippen LogP contribution in [0.15, 0.2) is 11.5 Å². The maximum absolute atomic E-state index is 7.43. The highest BCUT2D eigenvalue weighted by atomic mass is 32.2. The molecule has 0 spiro atoms. The fourth-order valence-electron chi connectivity index (χ4n) is 0.569. The van der Waals surface area contributed by atoms with E-state index in [1.807, 2.05) is 18.4 Å². The zero-order chi connectivity index (χ0) is 7.98. The van der Waals surface area contributed by atoms with Crippen molar-refractivity contribution in [2.24, 2.45) is 5.92 Å². The highest BCUT2D eigenvalue weighted by Gasteiger charge is 1.98. The van der Waals surface area contributed by atoms with E-state index in [-0.39, 0.29) is 0 Å². The molecule has 0 amide bonds. The topological polar surface area (TPSA) is 23.9 Å². The van der Waals surface area contributed by atoms with Crippen molar-refractivity contribution in [1.82, 2.24) is 0 Å². The molecule has 0 radical (unpaired) electrons. The van der Waals surface area contributed by atoms with E-state index in [2.05, 4.69) is 13.8 Å². The van der Waals surface area contributed by atoms with E-state index in [0.717, 1.165) is 11.5 Å². The van der Waals surface area contributed by atoms with E-state index in [0.29, 0.717) is 5.92 Å². The molecule has 0 aliphatic heterocycles. The molecule has 0 rings (SSSR count). The van der Waals surface area contributed by atoms with Crippen molar-refractivity contribution in [3.05, 3.63) is 11.5 Å². The van der Waals surface area contributed by atoms with Gasteiger partial charge >= 0.3 is 0 Å². The predicted octanol–water partition coefficient (Wildman–Crippen LogP) is 3.28. The van der Waals surface area contributed by atoms with Crippen molar-refractivity contribution in [2.45, 2.75) is 27.2 Å². The van der Waals surface area contributed by atoms with Gasteiger partial charge in [-0.25, -0.2) is 0 Å². The zero-order valence-corrected chi connectivity index (χ0v) is 7.66. The van der Waals surface area contributed by atoms with Gasteiger partial charge in [0, 0.05) is 0 Å². The summed E-state index contributed by atoms with van der Waals surface area (Å²) in [5.74, 6) is 0.602. The lowest BCUT2D eigenvalue weighted by Gasteiger charge is -2.02. The molecule has 1 N–H and O–H groups in total. The molecule has 0 fully saturated rings. The number of allylic oxidation sites excluding steroid dienone is 1. The molecular formula is C8H15NS. The van der Waals surface area contributed by atoms with Crippen molar-refractivity contribution in [3.63, 3.8) is 0 Å². The van der Waals surface area contributed by atoms with Gasteiger partial charge in [-0.05, 0) is 24.7 Å². The third-order valence-electron chi connectivity index (χ3n) is 0.940. The third-order valence-corrected chi connectivity index (χ3v) is 1.80. The summed E-state index contributed by atoms with van der Waals surface area (Å²) in [7, 11) is 0. The molecular weight excluding hydrogens is 142 g/mol. The Morgan fingerprint density at radius 3 is 2.60 bits per heavy atom. The average Bonchev–Trinajstić information content (AvgIpc) is 1.82. The fourth-order valence-corrected chi connectivity index (χ4v) is 1.30. The molecule has 0 aliphatic rings. The zero-order valence-electron chi connectivity index (χ0n) is 6.85. The van der Waals surface area contributed by atoms with Crippen LogP contribution < -0.4 is 0 Å². The Morgan fingerprint density at radius 2 is 2.20 bits per heavy atom. The van der Waals surface area contributed by atoms with Gasteiger partial charge in [0.15, 0.2) is 0 Å². The molecule has 0 bridgehead atoms. The molecule has 0 aromatic heterocycles. The van der Waals surface area contributed by atoms with Crippen LogP contribution >= 0.6 is 11.8 Å². The van der Waals surface area contributed by atoms with Crippen LogP contribution in [0.3, 0.4) is 0 Å². The number of nitrogens with one attached hydrogen (secondary N) is 1. The summed E-state index contributed by atoms with van der Waals surface area (Å²) in [5.41, 5.74) is 0. The second-order valence-electron chi connectivity index (χ2n) is 2.61. The molecule has 2 heteroatoms. The Morgan fingerprint density at radius 1 is 1.60 bits per heavy atom. The maximum Gasteiger partial charge on any atom is 0.0685 e. The molecule has 0 aromatic carbocycles. The van der Waals surface area contributed by atoms with Gasteiger partial charge in [0.2, 0.25) is 0 Å². The summed E-state index contributed by atoms with van der Waals surface area (Å²) < 4.78 is 0. The van der Waals surface area contributed by atoms with Crippen molar-refractivity contribution < 1.29 is 0 Å². The SMILES string of the molecule is C/C=C\SC(=N)CC(C)C. The fraction of sp³-hybridized carbons (Fsp3) is 0.625. The first-order valence-electron chi connectivity index (χ1n) is 3.52. The number of hydrogen-bond acceptors (Lipinski definition) is 2. The summed E-state index contributed by atoms with van der Waals surface area (Å²) >= 11 is 1.51. The minimum Gasteiger partial charge on any atom is -0.298 e. The molecule has 0 aliphatic carbocycles. The van der Waals surface area contributed by atoms with Crippen LogP contribution in [0.4, 0.5) is 0 Å². The van der Waals surface area contributed by atoms with Crippen LogP contribution in [0.1, 0.15) is 27.2 Å². The van der Waals surface area contributed by atoms with Gasteiger partial charge in [0.05, 0.1) is 5.04 Å². The lowest BCUT2D eigenvalue weighted by atomic mass is 10.1. The summed E-state index contributed by atoms with van der Waals surface area (Å²) in [6, 6.07) is 0. The minimum atomic E-state index is 0.602. The third kappa shape index (κ3) is 5.89. The van der Waals surface area contributed by atoms with Crippen LogP contribution in [0, 0.1) is 11.3 Å². The van der Waals surface area contributed by atoms with Gasteiger partial charge in [0.1, 0.15) is 0 Å². The standard InChI is InChI=1S/C8H15NS/c1-4-5-10-8(9)6-7(2)3/h4-5,7,9H,6H2,1-3H3/b5-4-,9-8?. The first-order valence-corrected chi connectivity index (χ1v) is 4.40. The van der Waals surface area contributed by atoms with E-state index in [9.17, 15) is 0 Å². The van der Waals surface area contributed by atoms with Crippen molar-refractivity contribution in [2.75, 3.05) is 0 Å². The molecule has 1 nitrogen and oxygen atoms in total. The molecule has 58 valence electrons. The number of hydrogen-bond donors (Lipinski definition) is 1. The number of rotatable bonds is 3. The summed E-state index contributed by atoms with van der Waals surface area (Å²) in [5, 5.41) is 10.1.